The molecule has 0 radical (unpaired) electrons. The van der Waals surface area contributed by atoms with E-state index in [2.05, 4.69) is 25.3 Å². The molecular formula is C15H21N5O2. The highest BCUT2D eigenvalue weighted by molar-refractivity contribution is 5.58. The van der Waals surface area contributed by atoms with Crippen molar-refractivity contribution in [1.82, 2.24) is 20.4 Å². The summed E-state index contributed by atoms with van der Waals surface area (Å²) in [5.74, 6) is 2.15. The zero-order valence-electron chi connectivity index (χ0n) is 12.8. The Labute approximate surface area is 129 Å². The molecule has 0 atom stereocenters. The second kappa shape index (κ2) is 7.33. The number of ether oxygens (including phenoxy) is 1. The number of rotatable bonds is 5. The molecule has 1 fully saturated rings. The molecule has 0 amide bonds. The molecule has 1 saturated heterocycles. The van der Waals surface area contributed by atoms with E-state index in [1.807, 2.05) is 12.1 Å². The van der Waals surface area contributed by atoms with Gasteiger partial charge in [0.25, 0.3) is 5.89 Å². The molecule has 118 valence electrons. The Morgan fingerprint density at radius 2 is 2.32 bits per heavy atom. The minimum absolute atomic E-state index is 0.530. The summed E-state index contributed by atoms with van der Waals surface area (Å²) in [5, 5.41) is 7.37. The molecular weight excluding hydrogens is 282 g/mol. The Morgan fingerprint density at radius 3 is 3.23 bits per heavy atom. The van der Waals surface area contributed by atoms with Crippen molar-refractivity contribution in [2.75, 3.05) is 44.8 Å². The lowest BCUT2D eigenvalue weighted by Crippen LogP contribution is -2.28. The summed E-state index contributed by atoms with van der Waals surface area (Å²) in [5.41, 5.74) is 0.901. The summed E-state index contributed by atoms with van der Waals surface area (Å²) in [4.78, 5) is 11.2. The van der Waals surface area contributed by atoms with Gasteiger partial charge in [-0.1, -0.05) is 5.16 Å². The monoisotopic (exact) mass is 303 g/mol. The molecule has 0 aliphatic carbocycles. The van der Waals surface area contributed by atoms with Crippen molar-refractivity contribution in [1.29, 1.82) is 0 Å². The van der Waals surface area contributed by atoms with Gasteiger partial charge in [-0.05, 0) is 25.1 Å². The molecule has 3 rings (SSSR count). The molecule has 1 aliphatic rings. The summed E-state index contributed by atoms with van der Waals surface area (Å²) >= 11 is 0. The summed E-state index contributed by atoms with van der Waals surface area (Å²) in [6.45, 7) is 4.59. The van der Waals surface area contributed by atoms with Crippen LogP contribution in [0, 0.1) is 0 Å². The highest BCUT2D eigenvalue weighted by Gasteiger charge is 2.14. The van der Waals surface area contributed by atoms with Gasteiger partial charge in [0.15, 0.2) is 5.82 Å². The van der Waals surface area contributed by atoms with Crippen LogP contribution in [-0.4, -0.2) is 55.0 Å². The minimum Gasteiger partial charge on any atom is -0.384 e. The van der Waals surface area contributed by atoms with Crippen molar-refractivity contribution in [2.45, 2.75) is 12.8 Å². The number of methoxy groups -OCH3 is 1. The molecule has 1 N–H and O–H groups in total. The fraction of sp³-hybridized carbons (Fsp3) is 0.533. The van der Waals surface area contributed by atoms with E-state index < -0.39 is 0 Å². The SMILES string of the molecule is COCCc1noc(-c2ccnc(N3CCCNCC3)c2)n1. The van der Waals surface area contributed by atoms with Crippen molar-refractivity contribution in [3.8, 4) is 11.5 Å². The van der Waals surface area contributed by atoms with Crippen LogP contribution in [0.15, 0.2) is 22.9 Å². The van der Waals surface area contributed by atoms with E-state index in [-0.39, 0.29) is 0 Å². The lowest BCUT2D eigenvalue weighted by atomic mass is 10.2. The molecule has 22 heavy (non-hydrogen) atoms. The number of aromatic nitrogens is 3. The lowest BCUT2D eigenvalue weighted by Gasteiger charge is -2.21. The fourth-order valence-corrected chi connectivity index (χ4v) is 2.47. The molecule has 7 heteroatoms. The normalized spacial score (nSPS) is 15.8. The average molecular weight is 303 g/mol. The number of hydrogen-bond donors (Lipinski definition) is 1. The maximum atomic E-state index is 5.34. The van der Waals surface area contributed by atoms with Gasteiger partial charge in [0.1, 0.15) is 5.82 Å². The van der Waals surface area contributed by atoms with Crippen molar-refractivity contribution < 1.29 is 9.26 Å². The zero-order valence-corrected chi connectivity index (χ0v) is 12.8. The van der Waals surface area contributed by atoms with E-state index in [4.69, 9.17) is 9.26 Å². The minimum atomic E-state index is 0.530. The smallest absolute Gasteiger partial charge is 0.258 e. The van der Waals surface area contributed by atoms with Crippen LogP contribution in [-0.2, 0) is 11.2 Å². The first-order valence-corrected chi connectivity index (χ1v) is 7.60. The van der Waals surface area contributed by atoms with Gasteiger partial charge in [-0.3, -0.25) is 0 Å². The molecule has 0 bridgehead atoms. The third kappa shape index (κ3) is 3.61. The standard InChI is InChI=1S/C15H21N5O2/c1-21-10-4-13-18-15(22-19-13)12-3-6-17-14(11-12)20-8-2-5-16-7-9-20/h3,6,11,16H,2,4-5,7-10H2,1H3. The number of hydrogen-bond acceptors (Lipinski definition) is 7. The van der Waals surface area contributed by atoms with Crippen molar-refractivity contribution in [3.63, 3.8) is 0 Å². The molecule has 0 aromatic carbocycles. The summed E-state index contributed by atoms with van der Waals surface area (Å²) < 4.78 is 10.4. The fourth-order valence-electron chi connectivity index (χ4n) is 2.47. The Bertz CT molecular complexity index is 593. The average Bonchev–Trinajstić information content (AvgIpc) is 2.86. The number of pyridine rings is 1. The van der Waals surface area contributed by atoms with Crippen LogP contribution < -0.4 is 10.2 Å². The summed E-state index contributed by atoms with van der Waals surface area (Å²) in [6, 6.07) is 3.91. The Balaban J connectivity index is 1.76. The van der Waals surface area contributed by atoms with Gasteiger partial charge in [0.2, 0.25) is 0 Å². The maximum absolute atomic E-state index is 5.34. The molecule has 2 aromatic heterocycles. The van der Waals surface area contributed by atoms with Crippen LogP contribution in [0.1, 0.15) is 12.2 Å². The van der Waals surface area contributed by atoms with Gasteiger partial charge in [0, 0.05) is 44.9 Å². The van der Waals surface area contributed by atoms with E-state index in [1.54, 1.807) is 13.3 Å². The van der Waals surface area contributed by atoms with E-state index in [0.29, 0.717) is 24.7 Å². The van der Waals surface area contributed by atoms with Gasteiger partial charge in [-0.2, -0.15) is 4.98 Å². The predicted molar refractivity (Wildman–Crippen MR) is 82.8 cm³/mol. The van der Waals surface area contributed by atoms with Crippen LogP contribution in [0.4, 0.5) is 5.82 Å². The molecule has 1 aliphatic heterocycles. The van der Waals surface area contributed by atoms with Gasteiger partial charge >= 0.3 is 0 Å². The third-order valence-electron chi connectivity index (χ3n) is 3.65. The first-order valence-electron chi connectivity index (χ1n) is 7.60. The highest BCUT2D eigenvalue weighted by atomic mass is 16.5. The van der Waals surface area contributed by atoms with Crippen LogP contribution in [0.3, 0.4) is 0 Å². The predicted octanol–water partition coefficient (Wildman–Crippen LogP) is 1.12. The number of nitrogens with one attached hydrogen (secondary N) is 1. The molecule has 3 heterocycles. The second-order valence-electron chi connectivity index (χ2n) is 5.25. The quantitative estimate of drug-likeness (QED) is 0.887. The van der Waals surface area contributed by atoms with Crippen LogP contribution in [0.25, 0.3) is 11.5 Å². The molecule has 7 nitrogen and oxygen atoms in total. The number of nitrogens with zero attached hydrogens (tertiary/aromatic N) is 4. The topological polar surface area (TPSA) is 76.3 Å². The highest BCUT2D eigenvalue weighted by Crippen LogP contribution is 2.22. The second-order valence-corrected chi connectivity index (χ2v) is 5.25. The third-order valence-corrected chi connectivity index (χ3v) is 3.65. The van der Waals surface area contributed by atoms with Gasteiger partial charge in [-0.15, -0.1) is 0 Å². The van der Waals surface area contributed by atoms with E-state index in [9.17, 15) is 0 Å². The van der Waals surface area contributed by atoms with Gasteiger partial charge < -0.3 is 19.5 Å². The van der Waals surface area contributed by atoms with E-state index in [0.717, 1.165) is 44.0 Å². The Hall–Kier alpha value is -1.99. The Kier molecular flexibility index (Phi) is 4.97. The lowest BCUT2D eigenvalue weighted by molar-refractivity contribution is 0.199. The van der Waals surface area contributed by atoms with E-state index >= 15 is 0 Å². The molecule has 0 spiro atoms. The van der Waals surface area contributed by atoms with E-state index in [1.165, 1.54) is 0 Å². The first-order chi connectivity index (χ1) is 10.9. The molecule has 0 unspecified atom stereocenters. The van der Waals surface area contributed by atoms with Gasteiger partial charge in [-0.25, -0.2) is 4.98 Å². The van der Waals surface area contributed by atoms with Crippen LogP contribution in [0.5, 0.6) is 0 Å². The van der Waals surface area contributed by atoms with Crippen LogP contribution >= 0.6 is 0 Å². The molecule has 0 saturated carbocycles. The van der Waals surface area contributed by atoms with Crippen LogP contribution in [0.2, 0.25) is 0 Å². The van der Waals surface area contributed by atoms with Crippen molar-refractivity contribution >= 4 is 5.82 Å². The zero-order chi connectivity index (χ0) is 15.2. The first kappa shape index (κ1) is 14.9. The number of anilines is 1. The summed E-state index contributed by atoms with van der Waals surface area (Å²) in [7, 11) is 1.66. The maximum Gasteiger partial charge on any atom is 0.258 e. The largest absolute Gasteiger partial charge is 0.384 e. The summed E-state index contributed by atoms with van der Waals surface area (Å²) in [6.07, 6.45) is 3.56. The van der Waals surface area contributed by atoms with Crippen molar-refractivity contribution in [3.05, 3.63) is 24.2 Å². The molecule has 2 aromatic rings. The van der Waals surface area contributed by atoms with Crippen molar-refractivity contribution in [2.24, 2.45) is 0 Å². The van der Waals surface area contributed by atoms with Gasteiger partial charge in [0.05, 0.1) is 6.61 Å². The Morgan fingerprint density at radius 1 is 1.36 bits per heavy atom.